The van der Waals surface area contributed by atoms with Crippen molar-refractivity contribution in [2.45, 2.75) is 25.2 Å². The summed E-state index contributed by atoms with van der Waals surface area (Å²) >= 11 is 0. The van der Waals surface area contributed by atoms with E-state index < -0.39 is 36.4 Å². The van der Waals surface area contributed by atoms with E-state index >= 15 is 0 Å². The zero-order valence-corrected chi connectivity index (χ0v) is 13.8. The standard InChI is InChI=1S/C17H18F4NO3/c1-3-25-16(23)17(10-8-14(18)19,11-9-15(20)21)12-4-6-13(7-5-12)22(2)24/h4-9H,3,10-11H2,1-2H3/q+1. The van der Waals surface area contributed by atoms with Gasteiger partial charge in [-0.15, -0.1) is 0 Å². The Morgan fingerprint density at radius 2 is 1.56 bits per heavy atom. The van der Waals surface area contributed by atoms with E-state index in [2.05, 4.69) is 0 Å². The SMILES string of the molecule is CCOC(=O)C(CC=C(F)F)(CC=C(F)F)c1ccc([N+](C)=O)cc1. The molecule has 0 N–H and O–H groups in total. The van der Waals surface area contributed by atoms with Gasteiger partial charge in [0.1, 0.15) is 5.41 Å². The summed E-state index contributed by atoms with van der Waals surface area (Å²) < 4.78 is 55.9. The van der Waals surface area contributed by atoms with Gasteiger partial charge in [0, 0.05) is 21.8 Å². The summed E-state index contributed by atoms with van der Waals surface area (Å²) in [6.07, 6.45) is -4.12. The van der Waals surface area contributed by atoms with Crippen LogP contribution >= 0.6 is 0 Å². The molecule has 8 heteroatoms. The molecule has 0 unspecified atom stereocenters. The maximum Gasteiger partial charge on any atom is 0.317 e. The van der Waals surface area contributed by atoms with Gasteiger partial charge >= 0.3 is 5.97 Å². The Morgan fingerprint density at radius 1 is 1.08 bits per heavy atom. The van der Waals surface area contributed by atoms with E-state index in [-0.39, 0.29) is 17.9 Å². The normalized spacial score (nSPS) is 10.8. The van der Waals surface area contributed by atoms with Gasteiger partial charge in [0.05, 0.1) is 6.61 Å². The Labute approximate surface area is 142 Å². The maximum atomic E-state index is 12.6. The van der Waals surface area contributed by atoms with E-state index in [0.29, 0.717) is 16.9 Å². The van der Waals surface area contributed by atoms with Crippen molar-refractivity contribution in [3.63, 3.8) is 0 Å². The zero-order chi connectivity index (χ0) is 19.0. The van der Waals surface area contributed by atoms with Gasteiger partial charge in [-0.05, 0) is 37.5 Å². The van der Waals surface area contributed by atoms with Crippen LogP contribution < -0.4 is 0 Å². The molecule has 0 aliphatic heterocycles. The first kappa shape index (κ1) is 20.5. The lowest BCUT2D eigenvalue weighted by atomic mass is 9.74. The van der Waals surface area contributed by atoms with Gasteiger partial charge < -0.3 is 4.74 Å². The van der Waals surface area contributed by atoms with Crippen molar-refractivity contribution in [3.8, 4) is 0 Å². The maximum absolute atomic E-state index is 12.6. The minimum Gasteiger partial charge on any atom is -0.465 e. The van der Waals surface area contributed by atoms with Crippen molar-refractivity contribution in [1.82, 2.24) is 0 Å². The van der Waals surface area contributed by atoms with E-state index in [1.54, 1.807) is 0 Å². The predicted molar refractivity (Wildman–Crippen MR) is 83.8 cm³/mol. The van der Waals surface area contributed by atoms with Gasteiger partial charge in [-0.2, -0.15) is 17.6 Å². The Morgan fingerprint density at radius 3 is 1.92 bits per heavy atom. The molecule has 25 heavy (non-hydrogen) atoms. The van der Waals surface area contributed by atoms with Crippen molar-refractivity contribution in [2.24, 2.45) is 0 Å². The third-order valence-corrected chi connectivity index (χ3v) is 3.66. The molecule has 0 fully saturated rings. The summed E-state index contributed by atoms with van der Waals surface area (Å²) in [4.78, 5) is 23.7. The predicted octanol–water partition coefficient (Wildman–Crippen LogP) is 4.87. The quantitative estimate of drug-likeness (QED) is 0.377. The molecule has 136 valence electrons. The number of hydrogen-bond acceptors (Lipinski definition) is 3. The second-order valence-corrected chi connectivity index (χ2v) is 5.24. The van der Waals surface area contributed by atoms with E-state index in [4.69, 9.17) is 4.74 Å². The van der Waals surface area contributed by atoms with Crippen LogP contribution in [0.3, 0.4) is 0 Å². The first-order valence-electron chi connectivity index (χ1n) is 7.44. The van der Waals surface area contributed by atoms with Crippen molar-refractivity contribution < 1.29 is 31.9 Å². The number of nitrogens with zero attached hydrogens (tertiary/aromatic N) is 1. The number of carbonyl (C=O) groups excluding carboxylic acids is 1. The number of hydrogen-bond donors (Lipinski definition) is 0. The van der Waals surface area contributed by atoms with Crippen molar-refractivity contribution in [2.75, 3.05) is 13.7 Å². The molecule has 1 aromatic rings. The van der Waals surface area contributed by atoms with Gasteiger partial charge in [0.15, 0.2) is 7.05 Å². The summed E-state index contributed by atoms with van der Waals surface area (Å²) in [5.74, 6) is -0.895. The molecule has 0 atom stereocenters. The van der Waals surface area contributed by atoms with Crippen LogP contribution in [0.15, 0.2) is 48.6 Å². The summed E-state index contributed by atoms with van der Waals surface area (Å²) in [6, 6.07) is 5.49. The first-order valence-corrected chi connectivity index (χ1v) is 7.44. The Bertz CT molecular complexity index is 656. The highest BCUT2D eigenvalue weighted by Gasteiger charge is 2.41. The van der Waals surface area contributed by atoms with Gasteiger partial charge in [-0.25, -0.2) is 0 Å². The molecule has 1 aromatic carbocycles. The molecular weight excluding hydrogens is 342 g/mol. The average Bonchev–Trinajstić information content (AvgIpc) is 2.55. The fourth-order valence-corrected chi connectivity index (χ4v) is 2.37. The molecule has 0 aliphatic carbocycles. The van der Waals surface area contributed by atoms with Gasteiger partial charge in [0.2, 0.25) is 0 Å². The Balaban J connectivity index is 3.48. The molecule has 0 heterocycles. The van der Waals surface area contributed by atoms with E-state index in [9.17, 15) is 27.3 Å². The van der Waals surface area contributed by atoms with E-state index in [1.807, 2.05) is 0 Å². The third kappa shape index (κ3) is 5.51. The minimum absolute atomic E-state index is 0.0361. The van der Waals surface area contributed by atoms with Crippen LogP contribution in [0.5, 0.6) is 0 Å². The van der Waals surface area contributed by atoms with Crippen LogP contribution in [0.25, 0.3) is 0 Å². The number of carbonyl (C=O) groups is 1. The van der Waals surface area contributed by atoms with Crippen molar-refractivity contribution >= 4 is 11.7 Å². The van der Waals surface area contributed by atoms with Crippen LogP contribution in [-0.4, -0.2) is 24.4 Å². The number of allylic oxidation sites excluding steroid dienone is 2. The fraction of sp³-hybridized carbons (Fsp3) is 0.353. The second-order valence-electron chi connectivity index (χ2n) is 5.24. The molecule has 0 saturated carbocycles. The Kier molecular flexibility index (Phi) is 7.47. The molecule has 0 spiro atoms. The largest absolute Gasteiger partial charge is 0.465 e. The zero-order valence-electron chi connectivity index (χ0n) is 13.8. The van der Waals surface area contributed by atoms with Crippen molar-refractivity contribution in [3.05, 3.63) is 59.0 Å². The van der Waals surface area contributed by atoms with Crippen LogP contribution in [0.4, 0.5) is 23.2 Å². The summed E-state index contributed by atoms with van der Waals surface area (Å²) in [7, 11) is 1.26. The smallest absolute Gasteiger partial charge is 0.317 e. The van der Waals surface area contributed by atoms with E-state index in [0.717, 1.165) is 0 Å². The molecular formula is C17H18F4NO3+. The topological polar surface area (TPSA) is 46.4 Å². The molecule has 0 aliphatic rings. The van der Waals surface area contributed by atoms with Gasteiger partial charge in [0.25, 0.3) is 17.8 Å². The summed E-state index contributed by atoms with van der Waals surface area (Å²) in [6.45, 7) is 1.49. The highest BCUT2D eigenvalue weighted by Crippen LogP contribution is 2.36. The molecule has 0 bridgehead atoms. The van der Waals surface area contributed by atoms with Gasteiger partial charge in [-0.3, -0.25) is 4.79 Å². The van der Waals surface area contributed by atoms with Crippen LogP contribution in [0.2, 0.25) is 0 Å². The lowest BCUT2D eigenvalue weighted by molar-refractivity contribution is -0.428. The van der Waals surface area contributed by atoms with Gasteiger partial charge in [-0.1, -0.05) is 12.1 Å². The number of rotatable bonds is 8. The minimum atomic E-state index is -2.03. The number of esters is 1. The monoisotopic (exact) mass is 360 g/mol. The van der Waals surface area contributed by atoms with Crippen LogP contribution in [0.1, 0.15) is 25.3 Å². The highest BCUT2D eigenvalue weighted by atomic mass is 19.3. The number of benzene rings is 1. The number of nitroso groups, excluding NO2 is 1. The van der Waals surface area contributed by atoms with Crippen LogP contribution in [-0.2, 0) is 14.9 Å². The number of ether oxygens (including phenoxy) is 1. The third-order valence-electron chi connectivity index (χ3n) is 3.66. The molecule has 0 aromatic heterocycles. The molecule has 4 nitrogen and oxygen atoms in total. The van der Waals surface area contributed by atoms with Crippen LogP contribution in [0, 0.1) is 4.91 Å². The Hall–Kier alpha value is -2.51. The highest BCUT2D eigenvalue weighted by molar-refractivity contribution is 5.84. The summed E-state index contributed by atoms with van der Waals surface area (Å²) in [5.41, 5.74) is -1.28. The molecule has 1 rings (SSSR count). The molecule has 0 saturated heterocycles. The number of halogens is 4. The summed E-state index contributed by atoms with van der Waals surface area (Å²) in [5, 5.41) is 0. The molecule has 0 radical (unpaired) electrons. The lowest BCUT2D eigenvalue weighted by Crippen LogP contribution is -2.37. The average molecular weight is 360 g/mol. The van der Waals surface area contributed by atoms with E-state index in [1.165, 1.54) is 38.2 Å². The second kappa shape index (κ2) is 9.10. The lowest BCUT2D eigenvalue weighted by Gasteiger charge is -2.29. The first-order chi connectivity index (χ1) is 11.7. The fourth-order valence-electron chi connectivity index (χ4n) is 2.37. The molecule has 0 amide bonds. The van der Waals surface area contributed by atoms with Crippen molar-refractivity contribution in [1.29, 1.82) is 0 Å².